The van der Waals surface area contributed by atoms with Crippen LogP contribution in [0.4, 0.5) is 10.1 Å². The van der Waals surface area contributed by atoms with Crippen LogP contribution < -0.4 is 5.73 Å². The second-order valence-corrected chi connectivity index (χ2v) is 5.04. The first-order valence-electron chi connectivity index (χ1n) is 6.94. The van der Waals surface area contributed by atoms with Crippen molar-refractivity contribution in [2.45, 2.75) is 26.4 Å². The van der Waals surface area contributed by atoms with Crippen molar-refractivity contribution in [2.24, 2.45) is 0 Å². The number of hydrogen-bond acceptors (Lipinski definition) is 2. The summed E-state index contributed by atoms with van der Waals surface area (Å²) in [6.45, 7) is 6.03. The Kier molecular flexibility index (Phi) is 4.74. The van der Waals surface area contributed by atoms with E-state index in [1.807, 2.05) is 30.3 Å². The van der Waals surface area contributed by atoms with Crippen LogP contribution in [0.3, 0.4) is 0 Å². The SMILES string of the molecule is CCN(Cc1cccc(N)c1)C(C)c1ccc(F)cc1. The third-order valence-electron chi connectivity index (χ3n) is 3.64. The molecule has 0 saturated heterocycles. The molecule has 0 fully saturated rings. The third kappa shape index (κ3) is 3.58. The highest BCUT2D eigenvalue weighted by Crippen LogP contribution is 2.22. The fraction of sp³-hybridized carbons (Fsp3) is 0.294. The molecule has 0 amide bonds. The minimum absolute atomic E-state index is 0.195. The van der Waals surface area contributed by atoms with Crippen molar-refractivity contribution in [1.29, 1.82) is 0 Å². The Labute approximate surface area is 120 Å². The lowest BCUT2D eigenvalue weighted by molar-refractivity contribution is 0.213. The van der Waals surface area contributed by atoms with E-state index in [0.29, 0.717) is 0 Å². The molecule has 2 nitrogen and oxygen atoms in total. The van der Waals surface area contributed by atoms with Gasteiger partial charge in [0.15, 0.2) is 0 Å². The number of nitrogen functional groups attached to an aromatic ring is 1. The van der Waals surface area contributed by atoms with Gasteiger partial charge in [0, 0.05) is 18.3 Å². The molecule has 0 spiro atoms. The largest absolute Gasteiger partial charge is 0.399 e. The van der Waals surface area contributed by atoms with Crippen molar-refractivity contribution in [3.63, 3.8) is 0 Å². The Hall–Kier alpha value is -1.87. The van der Waals surface area contributed by atoms with Gasteiger partial charge in [-0.25, -0.2) is 4.39 Å². The van der Waals surface area contributed by atoms with E-state index in [9.17, 15) is 4.39 Å². The Morgan fingerprint density at radius 1 is 1.15 bits per heavy atom. The van der Waals surface area contributed by atoms with E-state index >= 15 is 0 Å². The van der Waals surface area contributed by atoms with Gasteiger partial charge in [-0.2, -0.15) is 0 Å². The molecule has 0 aliphatic heterocycles. The lowest BCUT2D eigenvalue weighted by Crippen LogP contribution is -2.26. The summed E-state index contributed by atoms with van der Waals surface area (Å²) >= 11 is 0. The number of nitrogens with two attached hydrogens (primary N) is 1. The molecule has 2 aromatic carbocycles. The number of hydrogen-bond donors (Lipinski definition) is 1. The van der Waals surface area contributed by atoms with E-state index in [1.165, 1.54) is 17.7 Å². The van der Waals surface area contributed by atoms with Crippen molar-refractivity contribution in [2.75, 3.05) is 12.3 Å². The maximum atomic E-state index is 13.0. The Morgan fingerprint density at radius 3 is 2.45 bits per heavy atom. The molecule has 2 N–H and O–H groups in total. The van der Waals surface area contributed by atoms with Crippen LogP contribution in [0.15, 0.2) is 48.5 Å². The number of halogens is 1. The van der Waals surface area contributed by atoms with Crippen LogP contribution in [0.5, 0.6) is 0 Å². The van der Waals surface area contributed by atoms with Gasteiger partial charge in [0.25, 0.3) is 0 Å². The summed E-state index contributed by atoms with van der Waals surface area (Å²) in [5.74, 6) is -0.195. The van der Waals surface area contributed by atoms with Crippen LogP contribution in [0.25, 0.3) is 0 Å². The van der Waals surface area contributed by atoms with Crippen LogP contribution in [-0.4, -0.2) is 11.4 Å². The number of rotatable bonds is 5. The molecule has 20 heavy (non-hydrogen) atoms. The fourth-order valence-electron chi connectivity index (χ4n) is 2.40. The quantitative estimate of drug-likeness (QED) is 0.834. The molecule has 2 aromatic rings. The summed E-state index contributed by atoms with van der Waals surface area (Å²) in [7, 11) is 0. The van der Waals surface area contributed by atoms with E-state index in [0.717, 1.165) is 24.3 Å². The highest BCUT2D eigenvalue weighted by molar-refractivity contribution is 5.40. The molecule has 0 heterocycles. The van der Waals surface area contributed by atoms with Crippen molar-refractivity contribution in [3.05, 3.63) is 65.5 Å². The molecule has 0 bridgehead atoms. The minimum Gasteiger partial charge on any atom is -0.399 e. The normalized spacial score (nSPS) is 12.6. The number of anilines is 1. The molecule has 1 atom stereocenters. The van der Waals surface area contributed by atoms with Gasteiger partial charge in [-0.05, 0) is 48.9 Å². The first-order valence-corrected chi connectivity index (χ1v) is 6.94. The number of benzene rings is 2. The van der Waals surface area contributed by atoms with Crippen LogP contribution in [0.1, 0.15) is 31.0 Å². The molecule has 0 radical (unpaired) electrons. The summed E-state index contributed by atoms with van der Waals surface area (Å²) in [5, 5.41) is 0. The lowest BCUT2D eigenvalue weighted by Gasteiger charge is -2.28. The van der Waals surface area contributed by atoms with Gasteiger partial charge in [-0.1, -0.05) is 31.2 Å². The number of nitrogens with zero attached hydrogens (tertiary/aromatic N) is 1. The van der Waals surface area contributed by atoms with Crippen LogP contribution in [0, 0.1) is 5.82 Å². The molecule has 0 aliphatic carbocycles. The molecule has 0 saturated carbocycles. The summed E-state index contributed by atoms with van der Waals surface area (Å²) in [5.41, 5.74) is 8.92. The first-order chi connectivity index (χ1) is 9.60. The highest BCUT2D eigenvalue weighted by Gasteiger charge is 2.14. The highest BCUT2D eigenvalue weighted by atomic mass is 19.1. The molecular weight excluding hydrogens is 251 g/mol. The molecule has 106 valence electrons. The zero-order chi connectivity index (χ0) is 14.5. The molecular formula is C17H21FN2. The lowest BCUT2D eigenvalue weighted by atomic mass is 10.1. The smallest absolute Gasteiger partial charge is 0.123 e. The maximum Gasteiger partial charge on any atom is 0.123 e. The zero-order valence-corrected chi connectivity index (χ0v) is 12.0. The van der Waals surface area contributed by atoms with Crippen molar-refractivity contribution in [1.82, 2.24) is 4.90 Å². The second kappa shape index (κ2) is 6.53. The molecule has 0 aromatic heterocycles. The topological polar surface area (TPSA) is 29.3 Å². The summed E-state index contributed by atoms with van der Waals surface area (Å²) in [4.78, 5) is 2.34. The standard InChI is InChI=1S/C17H21FN2/c1-3-20(12-14-5-4-6-17(19)11-14)13(2)15-7-9-16(18)10-8-15/h4-11,13H,3,12,19H2,1-2H3. The fourth-order valence-corrected chi connectivity index (χ4v) is 2.40. The van der Waals surface area contributed by atoms with Gasteiger partial charge in [0.1, 0.15) is 5.82 Å². The van der Waals surface area contributed by atoms with Crippen molar-refractivity contribution >= 4 is 5.69 Å². The Morgan fingerprint density at radius 2 is 1.85 bits per heavy atom. The Balaban J connectivity index is 2.13. The van der Waals surface area contributed by atoms with E-state index < -0.39 is 0 Å². The van der Waals surface area contributed by atoms with Gasteiger partial charge in [0.2, 0.25) is 0 Å². The second-order valence-electron chi connectivity index (χ2n) is 5.04. The van der Waals surface area contributed by atoms with E-state index in [-0.39, 0.29) is 11.9 Å². The van der Waals surface area contributed by atoms with Crippen molar-refractivity contribution < 1.29 is 4.39 Å². The van der Waals surface area contributed by atoms with Crippen LogP contribution in [-0.2, 0) is 6.54 Å². The van der Waals surface area contributed by atoms with E-state index in [4.69, 9.17) is 5.73 Å². The van der Waals surface area contributed by atoms with Gasteiger partial charge in [0.05, 0.1) is 0 Å². The summed E-state index contributed by atoms with van der Waals surface area (Å²) < 4.78 is 13.0. The predicted octanol–water partition coefficient (Wildman–Crippen LogP) is 3.99. The van der Waals surface area contributed by atoms with Crippen molar-refractivity contribution in [3.8, 4) is 0 Å². The monoisotopic (exact) mass is 272 g/mol. The van der Waals surface area contributed by atoms with Gasteiger partial charge < -0.3 is 5.73 Å². The van der Waals surface area contributed by atoms with Gasteiger partial charge in [-0.3, -0.25) is 4.90 Å². The van der Waals surface area contributed by atoms with E-state index in [1.54, 1.807) is 0 Å². The average molecular weight is 272 g/mol. The van der Waals surface area contributed by atoms with E-state index in [2.05, 4.69) is 24.8 Å². The third-order valence-corrected chi connectivity index (χ3v) is 3.64. The van der Waals surface area contributed by atoms with Crippen LogP contribution in [0.2, 0.25) is 0 Å². The minimum atomic E-state index is -0.195. The zero-order valence-electron chi connectivity index (χ0n) is 12.0. The van der Waals surface area contributed by atoms with Gasteiger partial charge >= 0.3 is 0 Å². The van der Waals surface area contributed by atoms with Crippen LogP contribution >= 0.6 is 0 Å². The first kappa shape index (κ1) is 14.5. The molecule has 2 rings (SSSR count). The Bertz CT molecular complexity index is 551. The molecule has 3 heteroatoms. The summed E-state index contributed by atoms with van der Waals surface area (Å²) in [6, 6.07) is 14.9. The summed E-state index contributed by atoms with van der Waals surface area (Å²) in [6.07, 6.45) is 0. The average Bonchev–Trinajstić information content (AvgIpc) is 2.45. The predicted molar refractivity (Wildman–Crippen MR) is 81.8 cm³/mol. The molecule has 0 aliphatic rings. The van der Waals surface area contributed by atoms with Gasteiger partial charge in [-0.15, -0.1) is 0 Å². The molecule has 1 unspecified atom stereocenters. The maximum absolute atomic E-state index is 13.0.